The third kappa shape index (κ3) is 4.15. The highest BCUT2D eigenvalue weighted by atomic mass is 32.2. The summed E-state index contributed by atoms with van der Waals surface area (Å²) in [5.41, 5.74) is 6.18. The van der Waals surface area contributed by atoms with E-state index < -0.39 is 0 Å². The van der Waals surface area contributed by atoms with E-state index in [0.29, 0.717) is 12.5 Å². The first-order valence-electron chi connectivity index (χ1n) is 11.5. The predicted molar refractivity (Wildman–Crippen MR) is 141 cm³/mol. The van der Waals surface area contributed by atoms with Crippen molar-refractivity contribution in [2.24, 2.45) is 0 Å². The average Bonchev–Trinajstić information content (AvgIpc) is 3.35. The summed E-state index contributed by atoms with van der Waals surface area (Å²) in [6, 6.07) is 38.3. The Morgan fingerprint density at radius 1 is 0.706 bits per heavy atom. The van der Waals surface area contributed by atoms with Gasteiger partial charge in [-0.3, -0.25) is 0 Å². The minimum atomic E-state index is 0.526. The van der Waals surface area contributed by atoms with E-state index in [1.807, 2.05) is 18.2 Å². The van der Waals surface area contributed by atoms with Crippen LogP contribution in [-0.4, -0.2) is 5.94 Å². The molecule has 0 aromatic heterocycles. The Kier molecular flexibility index (Phi) is 5.70. The number of rotatable bonds is 6. The highest BCUT2D eigenvalue weighted by molar-refractivity contribution is 7.99. The van der Waals surface area contributed by atoms with Gasteiger partial charge in [-0.1, -0.05) is 103 Å². The molecule has 1 heterocycles. The lowest BCUT2D eigenvalue weighted by molar-refractivity contribution is 0.309. The lowest BCUT2D eigenvalue weighted by Gasteiger charge is -2.19. The zero-order valence-electron chi connectivity index (χ0n) is 18.7. The number of ether oxygens (including phenoxy) is 2. The fourth-order valence-electron chi connectivity index (χ4n) is 4.59. The first kappa shape index (κ1) is 20.9. The molecule has 0 aliphatic carbocycles. The quantitative estimate of drug-likeness (QED) is 0.255. The van der Waals surface area contributed by atoms with Gasteiger partial charge in [-0.15, -0.1) is 0 Å². The molecule has 0 unspecified atom stereocenters. The van der Waals surface area contributed by atoms with Crippen molar-refractivity contribution in [2.45, 2.75) is 17.9 Å². The minimum absolute atomic E-state index is 0.526. The Bertz CT molecular complexity index is 1430. The molecule has 0 spiro atoms. The third-order valence-electron chi connectivity index (χ3n) is 6.21. The SMILES string of the molecule is c1ccc(COc2cc(Cc3ccccc3)c(-c3ccccc3)c3cc4c(cc23)OCS4)cc1. The van der Waals surface area contributed by atoms with Gasteiger partial charge >= 0.3 is 0 Å². The molecule has 0 fully saturated rings. The van der Waals surface area contributed by atoms with Gasteiger partial charge in [-0.25, -0.2) is 0 Å². The van der Waals surface area contributed by atoms with E-state index in [4.69, 9.17) is 9.47 Å². The number of hydrogen-bond donors (Lipinski definition) is 0. The fourth-order valence-corrected chi connectivity index (χ4v) is 5.36. The fraction of sp³-hybridized carbons (Fsp3) is 0.0968. The largest absolute Gasteiger partial charge is 0.488 e. The van der Waals surface area contributed by atoms with Crippen LogP contribution in [0.25, 0.3) is 21.9 Å². The third-order valence-corrected chi connectivity index (χ3v) is 7.08. The summed E-state index contributed by atoms with van der Waals surface area (Å²) in [6.45, 7) is 0.526. The van der Waals surface area contributed by atoms with Gasteiger partial charge < -0.3 is 9.47 Å². The molecule has 0 amide bonds. The monoisotopic (exact) mass is 460 g/mol. The molecule has 5 aromatic carbocycles. The highest BCUT2D eigenvalue weighted by Gasteiger charge is 2.21. The van der Waals surface area contributed by atoms with Crippen LogP contribution in [0.3, 0.4) is 0 Å². The average molecular weight is 461 g/mol. The van der Waals surface area contributed by atoms with Crippen LogP contribution in [0.2, 0.25) is 0 Å². The van der Waals surface area contributed by atoms with E-state index in [0.717, 1.165) is 28.9 Å². The summed E-state index contributed by atoms with van der Waals surface area (Å²) in [5.74, 6) is 2.49. The predicted octanol–water partition coefficient (Wildman–Crippen LogP) is 8.12. The van der Waals surface area contributed by atoms with Gasteiger partial charge in [0.1, 0.15) is 24.0 Å². The molecule has 0 radical (unpaired) electrons. The van der Waals surface area contributed by atoms with Crippen LogP contribution in [0.4, 0.5) is 0 Å². The molecule has 1 aliphatic rings. The summed E-state index contributed by atoms with van der Waals surface area (Å²) in [7, 11) is 0. The smallest absolute Gasteiger partial charge is 0.138 e. The second-order valence-corrected chi connectivity index (χ2v) is 9.43. The van der Waals surface area contributed by atoms with Crippen molar-refractivity contribution in [3.05, 3.63) is 126 Å². The lowest BCUT2D eigenvalue weighted by Crippen LogP contribution is -2.00. The maximum Gasteiger partial charge on any atom is 0.138 e. The number of fused-ring (bicyclic) bond motifs is 2. The van der Waals surface area contributed by atoms with Gasteiger partial charge in [0.25, 0.3) is 0 Å². The van der Waals surface area contributed by atoms with Gasteiger partial charge in [-0.2, -0.15) is 0 Å². The van der Waals surface area contributed by atoms with Crippen molar-refractivity contribution in [3.63, 3.8) is 0 Å². The number of thioether (sulfide) groups is 1. The summed E-state index contributed by atoms with van der Waals surface area (Å²) < 4.78 is 12.4. The number of hydrogen-bond acceptors (Lipinski definition) is 3. The van der Waals surface area contributed by atoms with Crippen molar-refractivity contribution in [3.8, 4) is 22.6 Å². The van der Waals surface area contributed by atoms with Crippen LogP contribution in [0.5, 0.6) is 11.5 Å². The summed E-state index contributed by atoms with van der Waals surface area (Å²) in [4.78, 5) is 1.19. The summed E-state index contributed by atoms with van der Waals surface area (Å²) in [6.07, 6.45) is 0.837. The van der Waals surface area contributed by atoms with Crippen LogP contribution in [0.1, 0.15) is 16.7 Å². The Labute approximate surface area is 204 Å². The second-order valence-electron chi connectivity index (χ2n) is 8.46. The standard InChI is InChI=1S/C31H24O2S/c1-4-10-22(11-5-1)16-25-17-28(32-20-23-12-6-2-7-13-23)26-18-29-30(34-21-33-29)19-27(26)31(25)24-14-8-3-9-15-24/h1-15,17-19H,16,20-21H2. The minimum Gasteiger partial charge on any atom is -0.488 e. The first-order chi connectivity index (χ1) is 16.8. The molecule has 0 saturated heterocycles. The van der Waals surface area contributed by atoms with Gasteiger partial charge in [0.2, 0.25) is 0 Å². The Morgan fingerprint density at radius 3 is 2.12 bits per heavy atom. The van der Waals surface area contributed by atoms with E-state index in [2.05, 4.69) is 91.0 Å². The van der Waals surface area contributed by atoms with Crippen LogP contribution in [0.15, 0.2) is 114 Å². The summed E-state index contributed by atoms with van der Waals surface area (Å²) >= 11 is 1.75. The molecule has 5 aromatic rings. The highest BCUT2D eigenvalue weighted by Crippen LogP contribution is 2.46. The number of benzene rings is 5. The first-order valence-corrected chi connectivity index (χ1v) is 12.5. The van der Waals surface area contributed by atoms with Crippen LogP contribution < -0.4 is 9.47 Å². The molecule has 0 atom stereocenters. The molecule has 34 heavy (non-hydrogen) atoms. The van der Waals surface area contributed by atoms with E-state index in [-0.39, 0.29) is 0 Å². The van der Waals surface area contributed by atoms with Crippen LogP contribution in [0, 0.1) is 0 Å². The molecule has 3 heteroatoms. The van der Waals surface area contributed by atoms with Crippen molar-refractivity contribution < 1.29 is 9.47 Å². The van der Waals surface area contributed by atoms with Gasteiger partial charge in [0.05, 0.1) is 4.90 Å². The molecular weight excluding hydrogens is 436 g/mol. The topological polar surface area (TPSA) is 18.5 Å². The Morgan fingerprint density at radius 2 is 1.38 bits per heavy atom. The van der Waals surface area contributed by atoms with E-state index in [1.54, 1.807) is 11.8 Å². The normalized spacial score (nSPS) is 12.4. The van der Waals surface area contributed by atoms with E-state index in [1.165, 1.54) is 32.5 Å². The van der Waals surface area contributed by atoms with Crippen molar-refractivity contribution in [1.82, 2.24) is 0 Å². The maximum absolute atomic E-state index is 6.47. The molecular formula is C31H24O2S. The molecule has 0 saturated carbocycles. The van der Waals surface area contributed by atoms with Crippen molar-refractivity contribution >= 4 is 22.5 Å². The molecule has 6 rings (SSSR count). The van der Waals surface area contributed by atoms with E-state index in [9.17, 15) is 0 Å². The Hall–Kier alpha value is -3.69. The molecule has 166 valence electrons. The molecule has 1 aliphatic heterocycles. The van der Waals surface area contributed by atoms with Crippen LogP contribution >= 0.6 is 11.8 Å². The van der Waals surface area contributed by atoms with Crippen molar-refractivity contribution in [2.75, 3.05) is 5.94 Å². The lowest BCUT2D eigenvalue weighted by atomic mass is 9.89. The van der Waals surface area contributed by atoms with Crippen molar-refractivity contribution in [1.29, 1.82) is 0 Å². The second kappa shape index (κ2) is 9.28. The Balaban J connectivity index is 1.56. The van der Waals surface area contributed by atoms with Crippen LogP contribution in [-0.2, 0) is 13.0 Å². The van der Waals surface area contributed by atoms with E-state index >= 15 is 0 Å². The molecule has 0 bridgehead atoms. The maximum atomic E-state index is 6.47. The van der Waals surface area contributed by atoms with Gasteiger partial charge in [0, 0.05) is 5.39 Å². The molecule has 2 nitrogen and oxygen atoms in total. The van der Waals surface area contributed by atoms with Gasteiger partial charge in [-0.05, 0) is 57.8 Å². The zero-order valence-corrected chi connectivity index (χ0v) is 19.6. The zero-order chi connectivity index (χ0) is 22.7. The molecule has 0 N–H and O–H groups in total. The summed E-state index contributed by atoms with van der Waals surface area (Å²) in [5, 5.41) is 2.30. The van der Waals surface area contributed by atoms with Gasteiger partial charge in [0.15, 0.2) is 0 Å².